The van der Waals surface area contributed by atoms with Crippen LogP contribution in [0.2, 0.25) is 0 Å². The van der Waals surface area contributed by atoms with Gasteiger partial charge in [-0.1, -0.05) is 6.07 Å². The maximum absolute atomic E-state index is 12.5. The molecule has 2 unspecified atom stereocenters. The van der Waals surface area contributed by atoms with Gasteiger partial charge >= 0.3 is 0 Å². The van der Waals surface area contributed by atoms with Crippen LogP contribution in [0.5, 0.6) is 11.5 Å². The predicted molar refractivity (Wildman–Crippen MR) is 92.1 cm³/mol. The smallest absolute Gasteiger partial charge is 0.278 e. The second kappa shape index (κ2) is 7.13. The number of phenols is 1. The van der Waals surface area contributed by atoms with Crippen LogP contribution in [0.15, 0.2) is 41.2 Å². The van der Waals surface area contributed by atoms with E-state index in [0.717, 1.165) is 0 Å². The number of aliphatic hydroxyl groups is 1. The Morgan fingerprint density at radius 3 is 2.70 bits per heavy atom. The fraction of sp³-hybridized carbons (Fsp3) is 0.118. The SMILES string of the molecule is COc1cc(C(O)C(=O)c2nc3ccc([NH+]([O-])O)cc3[nH]c2=O)ccc1O. The fourth-order valence-corrected chi connectivity index (χ4v) is 2.53. The number of phenolic OH excluding ortho intramolecular Hbond substituents is 1. The molecule has 0 bridgehead atoms. The number of benzene rings is 2. The van der Waals surface area contributed by atoms with Crippen LogP contribution in [0.25, 0.3) is 11.0 Å². The van der Waals surface area contributed by atoms with E-state index < -0.39 is 28.4 Å². The number of aromatic amines is 1. The number of rotatable bonds is 5. The first-order valence-electron chi connectivity index (χ1n) is 7.68. The third kappa shape index (κ3) is 3.50. The van der Waals surface area contributed by atoms with Crippen molar-refractivity contribution in [3.63, 3.8) is 0 Å². The van der Waals surface area contributed by atoms with Crippen molar-refractivity contribution >= 4 is 22.5 Å². The number of aliphatic hydroxyl groups excluding tert-OH is 1. The molecule has 1 aromatic heterocycles. The largest absolute Gasteiger partial charge is 0.595 e. The molecule has 0 radical (unpaired) electrons. The predicted octanol–water partition coefficient (Wildman–Crippen LogP) is -0.0430. The standard InChI is InChI=1S/C17H15N3O7/c1-27-13-6-8(2-5-12(13)21)15(22)16(23)14-17(24)19-11-7-9(20(25)26)3-4-10(11)18-14/h2-7,15,20-22,25H,1H3,(H,19,24). The maximum Gasteiger partial charge on any atom is 0.278 e. The van der Waals surface area contributed by atoms with Gasteiger partial charge in [0, 0.05) is 12.1 Å². The van der Waals surface area contributed by atoms with Gasteiger partial charge in [0.25, 0.3) is 5.56 Å². The summed E-state index contributed by atoms with van der Waals surface area (Å²) in [6.45, 7) is 0. The molecule has 0 aliphatic heterocycles. The molecule has 140 valence electrons. The number of aromatic hydroxyl groups is 1. The van der Waals surface area contributed by atoms with Gasteiger partial charge in [-0.05, 0) is 23.8 Å². The average molecular weight is 373 g/mol. The van der Waals surface area contributed by atoms with Gasteiger partial charge in [-0.3, -0.25) is 9.59 Å². The number of carbonyl (C=O) groups excluding carboxylic acids is 1. The Morgan fingerprint density at radius 1 is 1.30 bits per heavy atom. The highest BCUT2D eigenvalue weighted by atomic mass is 16.8. The first-order chi connectivity index (χ1) is 12.8. The van der Waals surface area contributed by atoms with Gasteiger partial charge in [0.1, 0.15) is 6.10 Å². The molecule has 2 atom stereocenters. The molecule has 0 saturated carbocycles. The Morgan fingerprint density at radius 2 is 2.04 bits per heavy atom. The average Bonchev–Trinajstić information content (AvgIpc) is 2.66. The van der Waals surface area contributed by atoms with Crippen molar-refractivity contribution in [2.24, 2.45) is 0 Å². The highest BCUT2D eigenvalue weighted by molar-refractivity contribution is 5.99. The summed E-state index contributed by atoms with van der Waals surface area (Å²) in [5, 5.41) is 38.7. The minimum Gasteiger partial charge on any atom is -0.595 e. The van der Waals surface area contributed by atoms with Crippen LogP contribution < -0.4 is 15.5 Å². The van der Waals surface area contributed by atoms with Gasteiger partial charge in [-0.15, -0.1) is 0 Å². The molecule has 3 aromatic rings. The molecule has 10 heteroatoms. The molecule has 0 spiro atoms. The molecule has 0 aliphatic carbocycles. The molecule has 1 heterocycles. The summed E-state index contributed by atoms with van der Waals surface area (Å²) < 4.78 is 4.93. The Kier molecular flexibility index (Phi) is 4.88. The number of hydrogen-bond donors (Lipinski definition) is 5. The number of fused-ring (bicyclic) bond motifs is 1. The van der Waals surface area contributed by atoms with E-state index in [0.29, 0.717) is 0 Å². The molecule has 0 aliphatic rings. The van der Waals surface area contributed by atoms with E-state index in [9.17, 15) is 25.0 Å². The third-order valence-corrected chi connectivity index (χ3v) is 3.94. The Hall–Kier alpha value is -3.31. The molecule has 3 rings (SSSR count). The van der Waals surface area contributed by atoms with E-state index in [2.05, 4.69) is 9.97 Å². The van der Waals surface area contributed by atoms with Crippen molar-refractivity contribution in [1.82, 2.24) is 9.97 Å². The number of ether oxygens (including phenoxy) is 1. The lowest BCUT2D eigenvalue weighted by Crippen LogP contribution is -2.99. The summed E-state index contributed by atoms with van der Waals surface area (Å²) in [6, 6.07) is 7.69. The highest BCUT2D eigenvalue weighted by Crippen LogP contribution is 2.29. The fourth-order valence-electron chi connectivity index (χ4n) is 2.53. The van der Waals surface area contributed by atoms with Crippen molar-refractivity contribution in [2.75, 3.05) is 7.11 Å². The molecule has 5 N–H and O–H groups in total. The Labute approximate surface area is 151 Å². The summed E-state index contributed by atoms with van der Waals surface area (Å²) in [5.41, 5.74) is -0.979. The van der Waals surface area contributed by atoms with E-state index >= 15 is 0 Å². The molecular formula is C17H15N3O7. The first-order valence-corrected chi connectivity index (χ1v) is 7.68. The topological polar surface area (TPSA) is 160 Å². The number of methoxy groups -OCH3 is 1. The van der Waals surface area contributed by atoms with Crippen molar-refractivity contribution in [3.05, 3.63) is 63.2 Å². The first kappa shape index (κ1) is 18.5. The summed E-state index contributed by atoms with van der Waals surface area (Å²) in [4.78, 5) is 31.1. The molecule has 27 heavy (non-hydrogen) atoms. The lowest BCUT2D eigenvalue weighted by Gasteiger charge is -2.13. The monoisotopic (exact) mass is 373 g/mol. The second-order valence-electron chi connectivity index (χ2n) is 5.65. The van der Waals surface area contributed by atoms with E-state index in [1.54, 1.807) is 0 Å². The van der Waals surface area contributed by atoms with E-state index in [4.69, 9.17) is 9.94 Å². The van der Waals surface area contributed by atoms with Gasteiger partial charge in [0.15, 0.2) is 22.9 Å². The number of hydrogen-bond acceptors (Lipinski definition) is 8. The molecule has 0 saturated heterocycles. The van der Waals surface area contributed by atoms with Gasteiger partial charge in [0.2, 0.25) is 5.78 Å². The van der Waals surface area contributed by atoms with Crippen molar-refractivity contribution < 1.29 is 30.2 Å². The molecule has 2 aromatic carbocycles. The van der Waals surface area contributed by atoms with Crippen LogP contribution in [-0.4, -0.2) is 38.3 Å². The van der Waals surface area contributed by atoms with Crippen LogP contribution in [0.3, 0.4) is 0 Å². The summed E-state index contributed by atoms with van der Waals surface area (Å²) >= 11 is 0. The second-order valence-corrected chi connectivity index (χ2v) is 5.65. The minimum atomic E-state index is -1.70. The van der Waals surface area contributed by atoms with Crippen LogP contribution >= 0.6 is 0 Å². The zero-order chi connectivity index (χ0) is 19.7. The maximum atomic E-state index is 12.5. The van der Waals surface area contributed by atoms with E-state index in [1.165, 1.54) is 43.5 Å². The molecule has 10 nitrogen and oxygen atoms in total. The number of quaternary nitrogens is 1. The van der Waals surface area contributed by atoms with Crippen molar-refractivity contribution in [1.29, 1.82) is 0 Å². The van der Waals surface area contributed by atoms with Crippen LogP contribution in [0.4, 0.5) is 5.69 Å². The lowest BCUT2D eigenvalue weighted by molar-refractivity contribution is -0.991. The summed E-state index contributed by atoms with van der Waals surface area (Å²) in [7, 11) is 1.31. The molecular weight excluding hydrogens is 358 g/mol. The normalized spacial score (nSPS) is 13.3. The van der Waals surface area contributed by atoms with Crippen LogP contribution in [0.1, 0.15) is 22.2 Å². The summed E-state index contributed by atoms with van der Waals surface area (Å²) in [6.07, 6.45) is -1.70. The zero-order valence-electron chi connectivity index (χ0n) is 14.0. The Bertz CT molecular complexity index is 1080. The quantitative estimate of drug-likeness (QED) is 0.307. The number of Topliss-reactive ketones (excluding diaryl/α,β-unsaturated/α-hetero) is 1. The minimum absolute atomic E-state index is 0.0461. The number of nitrogens with one attached hydrogen (secondary N) is 2. The van der Waals surface area contributed by atoms with Gasteiger partial charge in [-0.2, -0.15) is 5.23 Å². The van der Waals surface area contributed by atoms with E-state index in [1.807, 2.05) is 0 Å². The lowest BCUT2D eigenvalue weighted by atomic mass is 10.0. The summed E-state index contributed by atoms with van der Waals surface area (Å²) in [5.74, 6) is -1.06. The van der Waals surface area contributed by atoms with E-state index in [-0.39, 0.29) is 33.8 Å². The number of carbonyl (C=O) groups is 1. The van der Waals surface area contributed by atoms with Gasteiger partial charge in [-0.25, -0.2) is 10.2 Å². The number of aromatic nitrogens is 2. The Balaban J connectivity index is 2.01. The molecule has 0 amide bonds. The van der Waals surface area contributed by atoms with Gasteiger partial charge < -0.3 is 25.1 Å². The zero-order valence-corrected chi connectivity index (χ0v) is 14.0. The van der Waals surface area contributed by atoms with Gasteiger partial charge in [0.05, 0.1) is 18.1 Å². The molecule has 0 fully saturated rings. The van der Waals surface area contributed by atoms with Crippen molar-refractivity contribution in [2.45, 2.75) is 6.10 Å². The van der Waals surface area contributed by atoms with Crippen LogP contribution in [-0.2, 0) is 0 Å². The number of H-pyrrole nitrogens is 1. The third-order valence-electron chi connectivity index (χ3n) is 3.94. The number of nitrogens with zero attached hydrogens (tertiary/aromatic N) is 1. The highest BCUT2D eigenvalue weighted by Gasteiger charge is 2.25. The number of ketones is 1. The van der Waals surface area contributed by atoms with Crippen LogP contribution in [0, 0.1) is 5.21 Å². The van der Waals surface area contributed by atoms with Crippen molar-refractivity contribution in [3.8, 4) is 11.5 Å².